The van der Waals surface area contributed by atoms with Crippen LogP contribution in [0.25, 0.3) is 0 Å². The van der Waals surface area contributed by atoms with Gasteiger partial charge in [-0.1, -0.05) is 33.3 Å². The van der Waals surface area contributed by atoms with Crippen LogP contribution in [0.5, 0.6) is 0 Å². The predicted molar refractivity (Wildman–Crippen MR) is 64.2 cm³/mol. The number of hydrogen-bond acceptors (Lipinski definition) is 0. The topological polar surface area (TPSA) is 0 Å². The molecule has 1 aromatic rings. The Morgan fingerprint density at radius 2 is 1.28 bits per heavy atom. The molecule has 0 spiro atoms. The third-order valence-electron chi connectivity index (χ3n) is 2.48. The van der Waals surface area contributed by atoms with Crippen LogP contribution in [0.1, 0.15) is 56.2 Å². The van der Waals surface area contributed by atoms with Gasteiger partial charge in [0.25, 0.3) is 0 Å². The molecule has 0 aliphatic rings. The zero-order valence-corrected chi connectivity index (χ0v) is 14.0. The van der Waals surface area contributed by atoms with Crippen LogP contribution in [0.2, 0.25) is 0 Å². The molecule has 0 atom stereocenters. The predicted octanol–water partition coefficient (Wildman–Crippen LogP) is 1.38. The fourth-order valence-electron chi connectivity index (χ4n) is 1.40. The number of rotatable bonds is 2. The van der Waals surface area contributed by atoms with E-state index in [2.05, 4.69) is 6.07 Å². The van der Waals surface area contributed by atoms with E-state index >= 15 is 0 Å². The summed E-state index contributed by atoms with van der Waals surface area (Å²) in [5, 5.41) is 0. The standard InChI is InChI=1S/C13H16F3.BrH.Mg/c1-8(2)10-5-11(9(3)4)7-12(6-10)13(14,15)16;;/h6-9H,1-4H3;1H;/q-1;;+2/p-1. The second-order valence-electron chi connectivity index (χ2n) is 4.59. The molecule has 0 aliphatic carbocycles. The minimum absolute atomic E-state index is 0. The molecule has 1 rings (SSSR count). The van der Waals surface area contributed by atoms with Crippen LogP contribution < -0.4 is 17.0 Å². The second kappa shape index (κ2) is 7.75. The van der Waals surface area contributed by atoms with Crippen molar-refractivity contribution in [2.24, 2.45) is 0 Å². The van der Waals surface area contributed by atoms with Gasteiger partial charge in [-0.05, 0) is 11.8 Å². The molecule has 5 heteroatoms. The molecule has 0 amide bonds. The van der Waals surface area contributed by atoms with E-state index in [1.807, 2.05) is 27.7 Å². The fourth-order valence-corrected chi connectivity index (χ4v) is 1.40. The largest absolute Gasteiger partial charge is 2.00 e. The van der Waals surface area contributed by atoms with E-state index < -0.39 is 11.7 Å². The van der Waals surface area contributed by atoms with Gasteiger partial charge in [0.1, 0.15) is 0 Å². The minimum atomic E-state index is -4.28. The Morgan fingerprint density at radius 3 is 1.50 bits per heavy atom. The van der Waals surface area contributed by atoms with Gasteiger partial charge < -0.3 is 17.0 Å². The fraction of sp³-hybridized carbons (Fsp3) is 0.538. The van der Waals surface area contributed by atoms with Crippen molar-refractivity contribution >= 4 is 23.1 Å². The first kappa shape index (κ1) is 20.6. The van der Waals surface area contributed by atoms with E-state index in [1.54, 1.807) is 0 Å². The Kier molecular flexibility index (Phi) is 8.86. The molecule has 1 aromatic carbocycles. The summed E-state index contributed by atoms with van der Waals surface area (Å²) in [7, 11) is 0. The summed E-state index contributed by atoms with van der Waals surface area (Å²) in [5.74, 6) is 0.111. The first-order valence-corrected chi connectivity index (χ1v) is 5.36. The molecule has 0 nitrogen and oxygen atoms in total. The van der Waals surface area contributed by atoms with Crippen LogP contribution >= 0.6 is 0 Å². The summed E-state index contributed by atoms with van der Waals surface area (Å²) in [6, 6.07) is 5.44. The van der Waals surface area contributed by atoms with E-state index in [9.17, 15) is 13.2 Å². The molecule has 0 bridgehead atoms. The average molecular weight is 333 g/mol. The Balaban J connectivity index is 0. The molecule has 0 unspecified atom stereocenters. The van der Waals surface area contributed by atoms with E-state index in [0.717, 1.165) is 0 Å². The SMILES string of the molecule is CC(C)c1[c-]c(C(C)C)cc(C(F)(F)F)c1.[Br-].[Mg+2]. The maximum Gasteiger partial charge on any atom is 2.00 e. The van der Waals surface area contributed by atoms with Crippen LogP contribution in [0.3, 0.4) is 0 Å². The second-order valence-corrected chi connectivity index (χ2v) is 4.59. The molecule has 0 heterocycles. The minimum Gasteiger partial charge on any atom is -1.00 e. The van der Waals surface area contributed by atoms with Crippen molar-refractivity contribution < 1.29 is 30.2 Å². The summed E-state index contributed by atoms with van der Waals surface area (Å²) in [6.45, 7) is 7.48. The molecule has 0 saturated heterocycles. The zero-order chi connectivity index (χ0) is 12.5. The van der Waals surface area contributed by atoms with Gasteiger partial charge in [0.05, 0.1) is 0 Å². The van der Waals surface area contributed by atoms with Crippen molar-refractivity contribution in [1.29, 1.82) is 0 Å². The van der Waals surface area contributed by atoms with E-state index in [1.165, 1.54) is 12.1 Å². The van der Waals surface area contributed by atoms with Crippen LogP contribution in [0.15, 0.2) is 12.1 Å². The Hall–Kier alpha value is 0.256. The maximum atomic E-state index is 12.7. The normalized spacial score (nSPS) is 11.2. The molecule has 0 saturated carbocycles. The van der Waals surface area contributed by atoms with Crippen LogP contribution in [0, 0.1) is 6.07 Å². The summed E-state index contributed by atoms with van der Waals surface area (Å²) < 4.78 is 38.0. The van der Waals surface area contributed by atoms with Crippen molar-refractivity contribution in [2.75, 3.05) is 0 Å². The first-order valence-electron chi connectivity index (χ1n) is 5.36. The maximum absolute atomic E-state index is 12.7. The molecule has 0 radical (unpaired) electrons. The number of hydrogen-bond donors (Lipinski definition) is 0. The molecule has 98 valence electrons. The van der Waals surface area contributed by atoms with Gasteiger partial charge in [-0.3, -0.25) is 0 Å². The van der Waals surface area contributed by atoms with Crippen LogP contribution in [-0.2, 0) is 6.18 Å². The average Bonchev–Trinajstić information content (AvgIpc) is 2.15. The number of alkyl halides is 3. The van der Waals surface area contributed by atoms with E-state index in [0.29, 0.717) is 11.1 Å². The van der Waals surface area contributed by atoms with Gasteiger partial charge in [0, 0.05) is 0 Å². The number of halogens is 4. The molecule has 18 heavy (non-hydrogen) atoms. The van der Waals surface area contributed by atoms with Gasteiger partial charge in [-0.15, -0.1) is 0 Å². The van der Waals surface area contributed by atoms with Crippen molar-refractivity contribution in [3.05, 3.63) is 34.9 Å². The van der Waals surface area contributed by atoms with Crippen molar-refractivity contribution in [2.45, 2.75) is 45.7 Å². The molecular formula is C13H16BrF3Mg. The van der Waals surface area contributed by atoms with Gasteiger partial charge in [0.15, 0.2) is 0 Å². The Bertz CT molecular complexity index is 347. The van der Waals surface area contributed by atoms with Crippen LogP contribution in [0.4, 0.5) is 13.2 Å². The Labute approximate surface area is 133 Å². The smallest absolute Gasteiger partial charge is 1.00 e. The molecule has 0 aromatic heterocycles. The third kappa shape index (κ3) is 5.49. The molecular weight excluding hydrogens is 317 g/mol. The zero-order valence-electron chi connectivity index (χ0n) is 11.0. The molecule has 0 aliphatic heterocycles. The first-order chi connectivity index (χ1) is 7.21. The van der Waals surface area contributed by atoms with Crippen molar-refractivity contribution in [3.8, 4) is 0 Å². The third-order valence-corrected chi connectivity index (χ3v) is 2.48. The summed E-state index contributed by atoms with van der Waals surface area (Å²) in [6.07, 6.45) is -4.28. The van der Waals surface area contributed by atoms with Gasteiger partial charge >= 0.3 is 29.2 Å². The summed E-state index contributed by atoms with van der Waals surface area (Å²) in [4.78, 5) is 0. The van der Waals surface area contributed by atoms with Gasteiger partial charge in [-0.2, -0.15) is 42.5 Å². The van der Waals surface area contributed by atoms with Crippen molar-refractivity contribution in [3.63, 3.8) is 0 Å². The Morgan fingerprint density at radius 1 is 0.944 bits per heavy atom. The molecule has 0 fully saturated rings. The number of benzene rings is 1. The summed E-state index contributed by atoms with van der Waals surface area (Å²) in [5.41, 5.74) is 0.677. The van der Waals surface area contributed by atoms with Gasteiger partial charge in [0.2, 0.25) is 0 Å². The van der Waals surface area contributed by atoms with Crippen LogP contribution in [-0.4, -0.2) is 23.1 Å². The quantitative estimate of drug-likeness (QED) is 0.567. The van der Waals surface area contributed by atoms with E-state index in [4.69, 9.17) is 0 Å². The summed E-state index contributed by atoms with van der Waals surface area (Å²) >= 11 is 0. The van der Waals surface area contributed by atoms with E-state index in [-0.39, 0.29) is 51.9 Å². The molecule has 0 N–H and O–H groups in total. The van der Waals surface area contributed by atoms with Gasteiger partial charge in [-0.25, -0.2) is 0 Å². The van der Waals surface area contributed by atoms with Crippen molar-refractivity contribution in [1.82, 2.24) is 0 Å². The monoisotopic (exact) mass is 332 g/mol.